The van der Waals surface area contributed by atoms with Gasteiger partial charge in [0.1, 0.15) is 6.04 Å². The molecule has 3 saturated heterocycles. The van der Waals surface area contributed by atoms with Gasteiger partial charge in [-0.05, 0) is 48.6 Å². The van der Waals surface area contributed by atoms with E-state index >= 15 is 0 Å². The second-order valence-corrected chi connectivity index (χ2v) is 9.15. The van der Waals surface area contributed by atoms with Crippen LogP contribution >= 0.6 is 0 Å². The molecule has 7 heteroatoms. The van der Waals surface area contributed by atoms with E-state index in [1.54, 1.807) is 4.90 Å². The molecule has 4 atom stereocenters. The summed E-state index contributed by atoms with van der Waals surface area (Å²) in [5.41, 5.74) is 9.13. The highest BCUT2D eigenvalue weighted by Crippen LogP contribution is 2.35. The van der Waals surface area contributed by atoms with Gasteiger partial charge in [0.15, 0.2) is 0 Å². The normalized spacial score (nSPS) is 32.3. The van der Waals surface area contributed by atoms with Crippen molar-refractivity contribution in [3.63, 3.8) is 0 Å². The summed E-state index contributed by atoms with van der Waals surface area (Å²) in [6, 6.07) is 5.76. The maximum absolute atomic E-state index is 13.3. The van der Waals surface area contributed by atoms with Gasteiger partial charge >= 0.3 is 0 Å². The molecule has 154 valence electrons. The zero-order valence-electron chi connectivity index (χ0n) is 16.6. The largest absolute Gasteiger partial charge is 0.327 e. The van der Waals surface area contributed by atoms with E-state index in [-0.39, 0.29) is 24.1 Å². The molecular formula is C22H28N4O3. The highest BCUT2D eigenvalue weighted by atomic mass is 16.2. The zero-order chi connectivity index (χ0) is 20.1. The summed E-state index contributed by atoms with van der Waals surface area (Å²) in [4.78, 5) is 41.1. The Morgan fingerprint density at radius 1 is 1.10 bits per heavy atom. The van der Waals surface area contributed by atoms with Crippen LogP contribution in [0.2, 0.25) is 0 Å². The summed E-state index contributed by atoms with van der Waals surface area (Å²) >= 11 is 0. The maximum Gasteiger partial charge on any atom is 0.255 e. The average molecular weight is 396 g/mol. The lowest BCUT2D eigenvalue weighted by atomic mass is 9.81. The number of benzene rings is 1. The lowest BCUT2D eigenvalue weighted by Gasteiger charge is -2.29. The fourth-order valence-corrected chi connectivity index (χ4v) is 5.71. The number of rotatable bonds is 3. The molecule has 3 N–H and O–H groups in total. The summed E-state index contributed by atoms with van der Waals surface area (Å²) in [6.07, 6.45) is 4.24. The Hall–Kier alpha value is -2.25. The van der Waals surface area contributed by atoms with Gasteiger partial charge in [0.25, 0.3) is 5.91 Å². The molecule has 1 unspecified atom stereocenters. The van der Waals surface area contributed by atoms with E-state index in [0.717, 1.165) is 42.7 Å². The number of nitrogens with one attached hydrogen (secondary N) is 1. The first-order chi connectivity index (χ1) is 14.0. The molecule has 5 aliphatic rings. The second-order valence-electron chi connectivity index (χ2n) is 9.15. The van der Waals surface area contributed by atoms with Crippen LogP contribution in [0.4, 0.5) is 0 Å². The van der Waals surface area contributed by atoms with Crippen molar-refractivity contribution in [2.45, 2.75) is 57.3 Å². The van der Waals surface area contributed by atoms with Crippen LogP contribution in [-0.2, 0) is 22.7 Å². The van der Waals surface area contributed by atoms with E-state index in [0.29, 0.717) is 30.8 Å². The van der Waals surface area contributed by atoms with Gasteiger partial charge in [-0.1, -0.05) is 18.2 Å². The van der Waals surface area contributed by atoms with Crippen LogP contribution in [0.1, 0.15) is 53.6 Å². The van der Waals surface area contributed by atoms with Crippen LogP contribution in [-0.4, -0.2) is 52.7 Å². The Kier molecular flexibility index (Phi) is 4.67. The van der Waals surface area contributed by atoms with Crippen molar-refractivity contribution >= 4 is 17.7 Å². The first kappa shape index (κ1) is 18.8. The molecule has 6 rings (SSSR count). The Morgan fingerprint density at radius 2 is 1.97 bits per heavy atom. The van der Waals surface area contributed by atoms with Crippen LogP contribution < -0.4 is 11.1 Å². The van der Waals surface area contributed by atoms with Crippen molar-refractivity contribution in [1.82, 2.24) is 15.1 Å². The molecule has 0 spiro atoms. The van der Waals surface area contributed by atoms with Gasteiger partial charge in [0, 0.05) is 44.2 Å². The third kappa shape index (κ3) is 3.36. The molecule has 3 amide bonds. The summed E-state index contributed by atoms with van der Waals surface area (Å²) in [5, 5.41) is 2.37. The van der Waals surface area contributed by atoms with E-state index in [2.05, 4.69) is 10.2 Å². The Bertz CT molecular complexity index is 870. The van der Waals surface area contributed by atoms with Crippen molar-refractivity contribution < 1.29 is 14.4 Å². The number of carbonyl (C=O) groups excluding carboxylic acids is 3. The lowest BCUT2D eigenvalue weighted by molar-refractivity contribution is -0.136. The predicted octanol–water partition coefficient (Wildman–Crippen LogP) is 1.01. The summed E-state index contributed by atoms with van der Waals surface area (Å²) in [5.74, 6) is 0.490. The monoisotopic (exact) mass is 396 g/mol. The Labute approximate surface area is 170 Å². The number of hydrogen-bond donors (Lipinski definition) is 2. The topological polar surface area (TPSA) is 95.7 Å². The molecule has 0 radical (unpaired) electrons. The number of fused-ring (bicyclic) bond motifs is 5. The molecule has 1 aromatic carbocycles. The third-order valence-electron chi connectivity index (χ3n) is 7.20. The van der Waals surface area contributed by atoms with Gasteiger partial charge in [0.05, 0.1) is 0 Å². The lowest BCUT2D eigenvalue weighted by Crippen LogP contribution is -2.52. The number of nitrogens with zero attached hydrogens (tertiary/aromatic N) is 2. The van der Waals surface area contributed by atoms with Crippen molar-refractivity contribution in [1.29, 1.82) is 0 Å². The Morgan fingerprint density at radius 3 is 2.76 bits per heavy atom. The fraction of sp³-hybridized carbons (Fsp3) is 0.591. The fourth-order valence-electron chi connectivity index (χ4n) is 5.71. The molecule has 4 aliphatic heterocycles. The van der Waals surface area contributed by atoms with Crippen LogP contribution in [0.5, 0.6) is 0 Å². The smallest absolute Gasteiger partial charge is 0.255 e. The van der Waals surface area contributed by atoms with E-state index < -0.39 is 6.04 Å². The predicted molar refractivity (Wildman–Crippen MR) is 107 cm³/mol. The molecule has 1 aromatic rings. The third-order valence-corrected chi connectivity index (χ3v) is 7.20. The minimum Gasteiger partial charge on any atom is -0.327 e. The number of piperidine rings is 1. The number of carbonyl (C=O) groups is 3. The van der Waals surface area contributed by atoms with Gasteiger partial charge < -0.3 is 10.6 Å². The van der Waals surface area contributed by atoms with Gasteiger partial charge in [-0.25, -0.2) is 0 Å². The molecule has 4 heterocycles. The first-order valence-electron chi connectivity index (χ1n) is 10.7. The zero-order valence-corrected chi connectivity index (χ0v) is 16.6. The van der Waals surface area contributed by atoms with Gasteiger partial charge in [-0.2, -0.15) is 0 Å². The second kappa shape index (κ2) is 7.22. The summed E-state index contributed by atoms with van der Waals surface area (Å²) < 4.78 is 0. The van der Waals surface area contributed by atoms with Crippen LogP contribution in [0.15, 0.2) is 18.2 Å². The van der Waals surface area contributed by atoms with Crippen LogP contribution in [0.3, 0.4) is 0 Å². The quantitative estimate of drug-likeness (QED) is 0.744. The van der Waals surface area contributed by atoms with Crippen molar-refractivity contribution in [2.75, 3.05) is 13.1 Å². The average Bonchev–Trinajstić information content (AvgIpc) is 2.81. The van der Waals surface area contributed by atoms with E-state index in [4.69, 9.17) is 5.73 Å². The van der Waals surface area contributed by atoms with E-state index in [1.165, 1.54) is 12.8 Å². The minimum absolute atomic E-state index is 0.0837. The van der Waals surface area contributed by atoms with Crippen molar-refractivity contribution in [3.05, 3.63) is 34.9 Å². The molecule has 1 saturated carbocycles. The van der Waals surface area contributed by atoms with Gasteiger partial charge in [-0.3, -0.25) is 24.6 Å². The molecule has 29 heavy (non-hydrogen) atoms. The minimum atomic E-state index is -0.563. The van der Waals surface area contributed by atoms with Crippen molar-refractivity contribution in [3.8, 4) is 0 Å². The molecular weight excluding hydrogens is 368 g/mol. The first-order valence-corrected chi connectivity index (χ1v) is 10.7. The SMILES string of the molecule is N[C@@H]1C[C@@H]2CC[C@H]1CN(Cc1cccc3c1C(=O)N(C1CCC(=O)NC1=O)C3)C2. The number of amides is 3. The Balaban J connectivity index is 1.36. The number of hydrogen-bond acceptors (Lipinski definition) is 5. The molecule has 0 aromatic heterocycles. The summed E-state index contributed by atoms with van der Waals surface area (Å²) in [7, 11) is 0. The van der Waals surface area contributed by atoms with E-state index in [1.807, 2.05) is 18.2 Å². The number of nitrogens with two attached hydrogens (primary N) is 1. The molecule has 4 fully saturated rings. The summed E-state index contributed by atoms with van der Waals surface area (Å²) in [6.45, 7) is 3.22. The standard InChI is InChI=1S/C22H28N4O3/c23-17-8-13-4-5-14(17)10-25(9-13)11-15-2-1-3-16-12-26(22(29)20(15)16)18-6-7-19(27)24-21(18)28/h1-3,13-14,17-18H,4-12,23H2,(H,24,27,28)/t13-,14-,17+,18?/m0/s1. The van der Waals surface area contributed by atoms with E-state index in [9.17, 15) is 14.4 Å². The highest BCUT2D eigenvalue weighted by molar-refractivity contribution is 6.05. The molecule has 2 bridgehead atoms. The maximum atomic E-state index is 13.3. The molecule has 7 nitrogen and oxygen atoms in total. The van der Waals surface area contributed by atoms with Crippen LogP contribution in [0.25, 0.3) is 0 Å². The van der Waals surface area contributed by atoms with Crippen molar-refractivity contribution in [2.24, 2.45) is 17.6 Å². The van der Waals surface area contributed by atoms with Gasteiger partial charge in [0.2, 0.25) is 11.8 Å². The number of imide groups is 1. The van der Waals surface area contributed by atoms with Gasteiger partial charge in [-0.15, -0.1) is 0 Å². The molecule has 1 aliphatic carbocycles. The highest BCUT2D eigenvalue weighted by Gasteiger charge is 2.40. The van der Waals surface area contributed by atoms with Crippen LogP contribution in [0, 0.1) is 11.8 Å².